The zero-order valence-electron chi connectivity index (χ0n) is 41.0. The Morgan fingerprint density at radius 1 is 0.328 bits per heavy atom. The van der Waals surface area contributed by atoms with E-state index in [1.165, 1.54) is 51.4 Å². The van der Waals surface area contributed by atoms with Crippen molar-refractivity contribution >= 4 is 17.9 Å². The van der Waals surface area contributed by atoms with E-state index in [1.807, 2.05) is 12.2 Å². The summed E-state index contributed by atoms with van der Waals surface area (Å²) >= 11 is 0. The molecule has 1 atom stereocenters. The van der Waals surface area contributed by atoms with Crippen LogP contribution < -0.4 is 0 Å². The molecule has 1 unspecified atom stereocenters. The molecule has 0 spiro atoms. The van der Waals surface area contributed by atoms with E-state index >= 15 is 0 Å². The molecule has 0 radical (unpaired) electrons. The molecule has 0 aliphatic rings. The summed E-state index contributed by atoms with van der Waals surface area (Å²) in [4.78, 5) is 37.7. The fourth-order valence-corrected chi connectivity index (χ4v) is 6.46. The number of unbranched alkanes of at least 4 members (excludes halogenated alkanes) is 13. The second-order valence-electron chi connectivity index (χ2n) is 16.3. The van der Waals surface area contributed by atoms with Gasteiger partial charge in [0.05, 0.1) is 0 Å². The highest BCUT2D eigenvalue weighted by Gasteiger charge is 2.19. The summed E-state index contributed by atoms with van der Waals surface area (Å²) in [6.45, 7) is 6.26. The fourth-order valence-electron chi connectivity index (χ4n) is 6.46. The smallest absolute Gasteiger partial charge is 0.306 e. The third kappa shape index (κ3) is 48.8. The lowest BCUT2D eigenvalue weighted by molar-refractivity contribution is -0.166. The summed E-state index contributed by atoms with van der Waals surface area (Å²) < 4.78 is 16.6. The van der Waals surface area contributed by atoms with Crippen molar-refractivity contribution < 1.29 is 28.6 Å². The van der Waals surface area contributed by atoms with Gasteiger partial charge in [0.15, 0.2) is 6.10 Å². The van der Waals surface area contributed by atoms with Crippen LogP contribution in [0.4, 0.5) is 0 Å². The Morgan fingerprint density at radius 3 is 1.02 bits per heavy atom. The predicted octanol–water partition coefficient (Wildman–Crippen LogP) is 16.9. The topological polar surface area (TPSA) is 78.9 Å². The van der Waals surface area contributed by atoms with Crippen LogP contribution in [0.1, 0.15) is 207 Å². The molecule has 0 saturated heterocycles. The number of ether oxygens (including phenoxy) is 3. The van der Waals surface area contributed by atoms with E-state index < -0.39 is 12.1 Å². The van der Waals surface area contributed by atoms with E-state index in [0.29, 0.717) is 19.3 Å². The lowest BCUT2D eigenvalue weighted by Gasteiger charge is -2.18. The van der Waals surface area contributed by atoms with Crippen molar-refractivity contribution in [3.63, 3.8) is 0 Å². The summed E-state index contributed by atoms with van der Waals surface area (Å²) in [5.41, 5.74) is 0. The number of esters is 3. The van der Waals surface area contributed by atoms with Crippen LogP contribution in [0.25, 0.3) is 0 Å². The quantitative estimate of drug-likeness (QED) is 0.0262. The maximum absolute atomic E-state index is 12.7. The van der Waals surface area contributed by atoms with Crippen molar-refractivity contribution in [2.45, 2.75) is 213 Å². The molecule has 0 saturated carbocycles. The first-order valence-corrected chi connectivity index (χ1v) is 25.5. The third-order valence-corrected chi connectivity index (χ3v) is 10.2. The van der Waals surface area contributed by atoms with Crippen molar-refractivity contribution in [2.24, 2.45) is 0 Å². The lowest BCUT2D eigenvalue weighted by atomic mass is 10.1. The molecule has 0 aliphatic carbocycles. The van der Waals surface area contributed by atoms with Crippen LogP contribution in [0.2, 0.25) is 0 Å². The van der Waals surface area contributed by atoms with E-state index in [1.54, 1.807) is 0 Å². The Bertz CT molecular complexity index is 1390. The molecule has 0 aromatic heterocycles. The molecule has 0 aromatic rings. The molecule has 0 heterocycles. The zero-order valence-corrected chi connectivity index (χ0v) is 41.0. The van der Waals surface area contributed by atoms with Gasteiger partial charge in [-0.05, 0) is 96.3 Å². The average Bonchev–Trinajstić information content (AvgIpc) is 3.29. The van der Waals surface area contributed by atoms with Gasteiger partial charge in [0.25, 0.3) is 0 Å². The fraction of sp³-hybridized carbons (Fsp3) is 0.603. The van der Waals surface area contributed by atoms with E-state index in [4.69, 9.17) is 14.2 Å². The van der Waals surface area contributed by atoms with Gasteiger partial charge in [0.1, 0.15) is 13.2 Å². The Balaban J connectivity index is 4.36. The van der Waals surface area contributed by atoms with Gasteiger partial charge >= 0.3 is 17.9 Å². The van der Waals surface area contributed by atoms with Crippen molar-refractivity contribution in [1.29, 1.82) is 0 Å². The highest BCUT2D eigenvalue weighted by molar-refractivity contribution is 5.71. The number of rotatable bonds is 44. The summed E-state index contributed by atoms with van der Waals surface area (Å²) in [5.74, 6) is -1.03. The second-order valence-corrected chi connectivity index (χ2v) is 16.3. The molecule has 0 bridgehead atoms. The molecule has 64 heavy (non-hydrogen) atoms. The van der Waals surface area contributed by atoms with Gasteiger partial charge in [-0.3, -0.25) is 14.4 Å². The minimum atomic E-state index is -0.821. The molecule has 0 aromatic carbocycles. The first kappa shape index (κ1) is 59.8. The Hall–Kier alpha value is -4.19. The maximum Gasteiger partial charge on any atom is 0.306 e. The first-order valence-electron chi connectivity index (χ1n) is 25.5. The van der Waals surface area contributed by atoms with Gasteiger partial charge in [-0.1, -0.05) is 213 Å². The predicted molar refractivity (Wildman–Crippen MR) is 274 cm³/mol. The maximum atomic E-state index is 12.7. The van der Waals surface area contributed by atoms with Crippen LogP contribution in [0, 0.1) is 0 Å². The molecule has 0 N–H and O–H groups in total. The lowest BCUT2D eigenvalue weighted by Crippen LogP contribution is -2.30. The molecule has 360 valence electrons. The number of hydrogen-bond acceptors (Lipinski definition) is 6. The van der Waals surface area contributed by atoms with Gasteiger partial charge in [0.2, 0.25) is 0 Å². The molecule has 0 aliphatic heterocycles. The summed E-state index contributed by atoms with van der Waals surface area (Å²) in [6.07, 6.45) is 70.8. The largest absolute Gasteiger partial charge is 0.462 e. The van der Waals surface area contributed by atoms with Gasteiger partial charge in [-0.15, -0.1) is 0 Å². The molecule has 6 heteroatoms. The number of allylic oxidation sites excluding steroid dienone is 20. The van der Waals surface area contributed by atoms with Gasteiger partial charge in [0, 0.05) is 19.3 Å². The number of carbonyl (C=O) groups is 3. The average molecular weight is 885 g/mol. The van der Waals surface area contributed by atoms with Crippen LogP contribution >= 0.6 is 0 Å². The number of hydrogen-bond donors (Lipinski definition) is 0. The Labute approximate surface area is 392 Å². The molecule has 6 nitrogen and oxygen atoms in total. The normalized spacial score (nSPS) is 13.1. The zero-order chi connectivity index (χ0) is 46.5. The SMILES string of the molecule is CC/C=C\C/C=C\C/C=C\C/C=C\C/C=C\C/C=C\CCC(=O)OC(COC(=O)CCCCCCCC)COC(=O)CCCCCCCCCC/C=C\C/C=C\C/C=C\C/C=C\CC. The van der Waals surface area contributed by atoms with Crippen molar-refractivity contribution in [1.82, 2.24) is 0 Å². The van der Waals surface area contributed by atoms with Gasteiger partial charge in [-0.25, -0.2) is 0 Å². The highest BCUT2D eigenvalue weighted by atomic mass is 16.6. The first-order chi connectivity index (χ1) is 31.5. The van der Waals surface area contributed by atoms with Crippen LogP contribution in [0.15, 0.2) is 122 Å². The van der Waals surface area contributed by atoms with Crippen LogP contribution in [-0.2, 0) is 28.6 Å². The molecule has 0 amide bonds. The molecular weight excluding hydrogens is 793 g/mol. The van der Waals surface area contributed by atoms with E-state index in [9.17, 15) is 14.4 Å². The minimum absolute atomic E-state index is 0.114. The Morgan fingerprint density at radius 2 is 0.641 bits per heavy atom. The van der Waals surface area contributed by atoms with Crippen LogP contribution in [0.3, 0.4) is 0 Å². The second kappa shape index (κ2) is 51.4. The standard InChI is InChI=1S/C58H92O6/c1-4-7-10-13-16-18-20-22-24-26-28-29-31-32-34-36-38-40-42-45-48-51-57(60)63-54-55(53-62-56(59)50-47-44-15-12-9-6-3)64-58(61)52-49-46-43-41-39-37-35-33-30-27-25-23-21-19-17-14-11-8-5-2/h7-8,10-11,16-19,22-25,28-30,33,37,39,43,46,55H,4-6,9,12-15,20-21,26-27,31-32,34-36,38,40-42,44-45,47-54H2,1-3H3/b10-7-,11-8-,18-16-,19-17-,24-22-,25-23-,29-28-,33-30-,39-37-,46-43-. The summed E-state index contributed by atoms with van der Waals surface area (Å²) in [5, 5.41) is 0. The Kier molecular flexibility index (Phi) is 48.1. The van der Waals surface area contributed by atoms with Crippen molar-refractivity contribution in [2.75, 3.05) is 13.2 Å². The third-order valence-electron chi connectivity index (χ3n) is 10.2. The van der Waals surface area contributed by atoms with E-state index in [2.05, 4.69) is 130 Å². The van der Waals surface area contributed by atoms with Crippen LogP contribution in [0.5, 0.6) is 0 Å². The monoisotopic (exact) mass is 885 g/mol. The molecule has 0 rings (SSSR count). The number of carbonyl (C=O) groups excluding carboxylic acids is 3. The summed E-state index contributed by atoms with van der Waals surface area (Å²) in [6, 6.07) is 0. The van der Waals surface area contributed by atoms with Crippen molar-refractivity contribution in [3.05, 3.63) is 122 Å². The minimum Gasteiger partial charge on any atom is -0.462 e. The van der Waals surface area contributed by atoms with Crippen LogP contribution in [-0.4, -0.2) is 37.2 Å². The molecule has 0 fully saturated rings. The van der Waals surface area contributed by atoms with Gasteiger partial charge in [-0.2, -0.15) is 0 Å². The highest BCUT2D eigenvalue weighted by Crippen LogP contribution is 2.13. The van der Waals surface area contributed by atoms with Gasteiger partial charge < -0.3 is 14.2 Å². The summed E-state index contributed by atoms with van der Waals surface area (Å²) in [7, 11) is 0. The van der Waals surface area contributed by atoms with Crippen molar-refractivity contribution in [3.8, 4) is 0 Å². The molecular formula is C58H92O6. The van der Waals surface area contributed by atoms with E-state index in [-0.39, 0.29) is 31.6 Å². The van der Waals surface area contributed by atoms with E-state index in [0.717, 1.165) is 109 Å².